The molecule has 1 saturated carbocycles. The molecule has 0 aliphatic heterocycles. The summed E-state index contributed by atoms with van der Waals surface area (Å²) in [6.07, 6.45) is 10.2. The van der Waals surface area contributed by atoms with Crippen molar-refractivity contribution in [3.8, 4) is 5.75 Å². The van der Waals surface area contributed by atoms with E-state index in [9.17, 15) is 14.0 Å². The average molecular weight is 449 g/mol. The van der Waals surface area contributed by atoms with Crippen LogP contribution in [0, 0.1) is 11.8 Å². The van der Waals surface area contributed by atoms with E-state index in [1.54, 1.807) is 31.2 Å². The van der Waals surface area contributed by atoms with Crippen LogP contribution in [0.15, 0.2) is 24.3 Å². The van der Waals surface area contributed by atoms with Gasteiger partial charge in [0.2, 0.25) is 0 Å². The molecule has 0 saturated heterocycles. The maximum absolute atomic E-state index is 13.9. The molecule has 1 fully saturated rings. The van der Waals surface area contributed by atoms with E-state index in [-0.39, 0.29) is 18.3 Å². The molecular formula is C27H41FO4. The SMILES string of the molecule is CCCCCC1CCC(C(=O)Oc2ccc(C(=O)OC(C)CC(F)CCCC)cc2)CC1. The normalized spacial score (nSPS) is 20.4. The van der Waals surface area contributed by atoms with E-state index >= 15 is 0 Å². The van der Waals surface area contributed by atoms with Crippen molar-refractivity contribution in [1.82, 2.24) is 0 Å². The average Bonchev–Trinajstić information content (AvgIpc) is 2.78. The van der Waals surface area contributed by atoms with Crippen molar-refractivity contribution in [3.05, 3.63) is 29.8 Å². The molecule has 1 aliphatic rings. The van der Waals surface area contributed by atoms with Gasteiger partial charge in [0.15, 0.2) is 0 Å². The van der Waals surface area contributed by atoms with Crippen LogP contribution in [0.4, 0.5) is 4.39 Å². The molecule has 2 unspecified atom stereocenters. The van der Waals surface area contributed by atoms with Gasteiger partial charge < -0.3 is 9.47 Å². The maximum atomic E-state index is 13.9. The Bertz CT molecular complexity index is 679. The highest BCUT2D eigenvalue weighted by molar-refractivity contribution is 5.89. The Kier molecular flexibility index (Phi) is 11.8. The quantitative estimate of drug-likeness (QED) is 0.179. The van der Waals surface area contributed by atoms with Crippen molar-refractivity contribution in [2.75, 3.05) is 0 Å². The molecule has 2 atom stereocenters. The number of rotatable bonds is 13. The maximum Gasteiger partial charge on any atom is 0.338 e. The fourth-order valence-corrected chi connectivity index (χ4v) is 4.43. The van der Waals surface area contributed by atoms with Gasteiger partial charge in [0, 0.05) is 6.42 Å². The van der Waals surface area contributed by atoms with Crippen LogP contribution < -0.4 is 4.74 Å². The number of unbranched alkanes of at least 4 members (excludes halogenated alkanes) is 3. The Labute approximate surface area is 193 Å². The highest BCUT2D eigenvalue weighted by atomic mass is 19.1. The molecular weight excluding hydrogens is 407 g/mol. The van der Waals surface area contributed by atoms with E-state index in [1.807, 2.05) is 6.92 Å². The predicted octanol–water partition coefficient (Wildman–Crippen LogP) is 7.44. The summed E-state index contributed by atoms with van der Waals surface area (Å²) in [5.41, 5.74) is 0.369. The summed E-state index contributed by atoms with van der Waals surface area (Å²) in [6, 6.07) is 6.42. The standard InChI is InChI=1S/C27H41FO4/c1-4-6-8-9-21-11-13-22(14-12-21)27(30)32-25-17-15-23(16-18-25)26(29)31-20(3)19-24(28)10-7-5-2/h15-18,20-22,24H,4-14,19H2,1-3H3. The Morgan fingerprint density at radius 1 is 1.00 bits per heavy atom. The zero-order valence-electron chi connectivity index (χ0n) is 20.1. The van der Waals surface area contributed by atoms with Crippen LogP contribution >= 0.6 is 0 Å². The number of hydrogen-bond donors (Lipinski definition) is 0. The van der Waals surface area contributed by atoms with Crippen molar-refractivity contribution in [2.45, 2.75) is 110 Å². The van der Waals surface area contributed by atoms with Gasteiger partial charge in [-0.25, -0.2) is 9.18 Å². The van der Waals surface area contributed by atoms with Crippen LogP contribution in [0.25, 0.3) is 0 Å². The number of benzene rings is 1. The summed E-state index contributed by atoms with van der Waals surface area (Å²) in [5.74, 6) is 0.483. The Morgan fingerprint density at radius 2 is 1.66 bits per heavy atom. The molecule has 1 aromatic carbocycles. The minimum Gasteiger partial charge on any atom is -0.459 e. The third-order valence-electron chi connectivity index (χ3n) is 6.47. The molecule has 0 amide bonds. The highest BCUT2D eigenvalue weighted by Crippen LogP contribution is 2.33. The molecule has 1 aromatic rings. The van der Waals surface area contributed by atoms with Crippen LogP contribution in [-0.2, 0) is 9.53 Å². The number of carbonyl (C=O) groups is 2. The Morgan fingerprint density at radius 3 is 2.28 bits per heavy atom. The largest absolute Gasteiger partial charge is 0.459 e. The van der Waals surface area contributed by atoms with E-state index in [2.05, 4.69) is 6.92 Å². The lowest BCUT2D eigenvalue weighted by Gasteiger charge is -2.27. The molecule has 0 aromatic heterocycles. The summed E-state index contributed by atoms with van der Waals surface area (Å²) >= 11 is 0. The highest BCUT2D eigenvalue weighted by Gasteiger charge is 2.27. The van der Waals surface area contributed by atoms with Gasteiger partial charge in [-0.15, -0.1) is 0 Å². The van der Waals surface area contributed by atoms with Crippen LogP contribution in [-0.4, -0.2) is 24.2 Å². The van der Waals surface area contributed by atoms with Crippen LogP contribution in [0.5, 0.6) is 5.75 Å². The van der Waals surface area contributed by atoms with Gasteiger partial charge in [-0.2, -0.15) is 0 Å². The number of alkyl halides is 1. The minimum atomic E-state index is -0.953. The fraction of sp³-hybridized carbons (Fsp3) is 0.704. The molecule has 32 heavy (non-hydrogen) atoms. The van der Waals surface area contributed by atoms with Gasteiger partial charge in [-0.05, 0) is 69.2 Å². The van der Waals surface area contributed by atoms with Gasteiger partial charge in [-0.3, -0.25) is 4.79 Å². The number of carbonyl (C=O) groups excluding carboxylic acids is 2. The van der Waals surface area contributed by atoms with Crippen molar-refractivity contribution in [3.63, 3.8) is 0 Å². The van der Waals surface area contributed by atoms with Crippen molar-refractivity contribution in [1.29, 1.82) is 0 Å². The zero-order chi connectivity index (χ0) is 23.3. The lowest BCUT2D eigenvalue weighted by molar-refractivity contribution is -0.140. The molecule has 0 spiro atoms. The van der Waals surface area contributed by atoms with Crippen molar-refractivity contribution in [2.24, 2.45) is 11.8 Å². The van der Waals surface area contributed by atoms with Crippen LogP contribution in [0.3, 0.4) is 0 Å². The smallest absolute Gasteiger partial charge is 0.338 e. The third kappa shape index (κ3) is 9.30. The van der Waals surface area contributed by atoms with Crippen LogP contribution in [0.1, 0.15) is 108 Å². The number of esters is 2. The van der Waals surface area contributed by atoms with Crippen molar-refractivity contribution < 1.29 is 23.5 Å². The minimum absolute atomic E-state index is 0.0377. The molecule has 0 radical (unpaired) electrons. The first kappa shape index (κ1) is 26.3. The molecule has 2 rings (SSSR count). The second-order valence-electron chi connectivity index (χ2n) is 9.35. The van der Waals surface area contributed by atoms with E-state index in [4.69, 9.17) is 9.47 Å². The van der Waals surface area contributed by atoms with Gasteiger partial charge in [0.25, 0.3) is 0 Å². The van der Waals surface area contributed by atoms with Gasteiger partial charge in [-0.1, -0.05) is 52.4 Å². The van der Waals surface area contributed by atoms with E-state index < -0.39 is 18.2 Å². The summed E-state index contributed by atoms with van der Waals surface area (Å²) in [5, 5.41) is 0. The van der Waals surface area contributed by atoms with E-state index in [0.717, 1.165) is 44.4 Å². The first-order valence-electron chi connectivity index (χ1n) is 12.6. The zero-order valence-corrected chi connectivity index (χ0v) is 20.1. The number of hydrogen-bond acceptors (Lipinski definition) is 4. The van der Waals surface area contributed by atoms with Gasteiger partial charge in [0.05, 0.1) is 11.5 Å². The van der Waals surface area contributed by atoms with E-state index in [0.29, 0.717) is 17.7 Å². The first-order chi connectivity index (χ1) is 15.4. The summed E-state index contributed by atoms with van der Waals surface area (Å²) < 4.78 is 24.8. The molecule has 180 valence electrons. The summed E-state index contributed by atoms with van der Waals surface area (Å²) in [6.45, 7) is 5.96. The molecule has 5 heteroatoms. The van der Waals surface area contributed by atoms with Gasteiger partial charge >= 0.3 is 11.9 Å². The van der Waals surface area contributed by atoms with Crippen molar-refractivity contribution >= 4 is 11.9 Å². The van der Waals surface area contributed by atoms with Gasteiger partial charge in [0.1, 0.15) is 18.0 Å². The molecule has 0 heterocycles. The number of ether oxygens (including phenoxy) is 2. The molecule has 4 nitrogen and oxygen atoms in total. The Balaban J connectivity index is 1.75. The second kappa shape index (κ2) is 14.3. The fourth-order valence-electron chi connectivity index (χ4n) is 4.43. The lowest BCUT2D eigenvalue weighted by atomic mass is 9.80. The number of halogens is 1. The predicted molar refractivity (Wildman–Crippen MR) is 126 cm³/mol. The second-order valence-corrected chi connectivity index (χ2v) is 9.35. The van der Waals surface area contributed by atoms with Crippen LogP contribution in [0.2, 0.25) is 0 Å². The monoisotopic (exact) mass is 448 g/mol. The molecule has 1 aliphatic carbocycles. The summed E-state index contributed by atoms with van der Waals surface area (Å²) in [7, 11) is 0. The lowest BCUT2D eigenvalue weighted by Crippen LogP contribution is -2.25. The third-order valence-corrected chi connectivity index (χ3v) is 6.47. The Hall–Kier alpha value is -1.91. The molecule has 0 N–H and O–H groups in total. The topological polar surface area (TPSA) is 52.6 Å². The van der Waals surface area contributed by atoms with E-state index in [1.165, 1.54) is 25.7 Å². The summed E-state index contributed by atoms with van der Waals surface area (Å²) in [4.78, 5) is 24.8. The first-order valence-corrected chi connectivity index (χ1v) is 12.6. The molecule has 0 bridgehead atoms.